The van der Waals surface area contributed by atoms with Gasteiger partial charge in [-0.2, -0.15) is 5.26 Å². The summed E-state index contributed by atoms with van der Waals surface area (Å²) >= 11 is 0. The minimum atomic E-state index is -3.27. The molecule has 6 nitrogen and oxygen atoms in total. The maximum atomic E-state index is 11.5. The van der Waals surface area contributed by atoms with Crippen LogP contribution < -0.4 is 10.0 Å². The van der Waals surface area contributed by atoms with Gasteiger partial charge in [0.2, 0.25) is 10.0 Å². The molecule has 110 valence electrons. The van der Waals surface area contributed by atoms with Crippen molar-refractivity contribution in [2.24, 2.45) is 0 Å². The minimum Gasteiger partial charge on any atom is -0.369 e. The van der Waals surface area contributed by atoms with E-state index < -0.39 is 10.0 Å². The van der Waals surface area contributed by atoms with Gasteiger partial charge in [0.05, 0.1) is 22.9 Å². The molecule has 2 rings (SSSR count). The first kappa shape index (κ1) is 15.2. The smallest absolute Gasteiger partial charge is 0.213 e. The van der Waals surface area contributed by atoms with E-state index in [9.17, 15) is 13.7 Å². The molecule has 0 amide bonds. The van der Waals surface area contributed by atoms with Crippen molar-refractivity contribution in [3.63, 3.8) is 0 Å². The van der Waals surface area contributed by atoms with Gasteiger partial charge in [0.25, 0.3) is 0 Å². The first-order chi connectivity index (χ1) is 10.1. The Hall–Kier alpha value is -2.17. The quantitative estimate of drug-likeness (QED) is 0.842. The molecule has 1 heterocycles. The zero-order chi connectivity index (χ0) is 15.3. The average molecular weight is 304 g/mol. The average Bonchev–Trinajstić information content (AvgIpc) is 2.46. The standard InChI is InChI=1S/C14H16N4O2S/c1-2-17-21(19,20)8-7-16-14-9-11(10-15)12-5-3-4-6-13(12)18-14/h3-6,9,17H,2,7-8H2,1H3,(H,16,18). The lowest BCUT2D eigenvalue weighted by Crippen LogP contribution is -2.29. The number of benzene rings is 1. The third kappa shape index (κ3) is 3.90. The summed E-state index contributed by atoms with van der Waals surface area (Å²) in [4.78, 5) is 4.37. The van der Waals surface area contributed by atoms with E-state index in [4.69, 9.17) is 0 Å². The van der Waals surface area contributed by atoms with Crippen molar-refractivity contribution < 1.29 is 8.42 Å². The molecule has 0 atom stereocenters. The van der Waals surface area contributed by atoms with E-state index in [0.29, 0.717) is 23.4 Å². The fourth-order valence-electron chi connectivity index (χ4n) is 1.96. The van der Waals surface area contributed by atoms with Crippen molar-refractivity contribution in [3.05, 3.63) is 35.9 Å². The van der Waals surface area contributed by atoms with Gasteiger partial charge in [-0.25, -0.2) is 18.1 Å². The van der Waals surface area contributed by atoms with E-state index in [1.807, 2.05) is 24.3 Å². The summed E-state index contributed by atoms with van der Waals surface area (Å²) in [5, 5.41) is 12.9. The number of para-hydroxylation sites is 1. The number of nitriles is 1. The van der Waals surface area contributed by atoms with Crippen LogP contribution in [-0.4, -0.2) is 32.2 Å². The molecule has 0 bridgehead atoms. The molecular weight excluding hydrogens is 288 g/mol. The van der Waals surface area contributed by atoms with Crippen LogP contribution in [0, 0.1) is 11.3 Å². The van der Waals surface area contributed by atoms with E-state index in [1.165, 1.54) is 0 Å². The molecule has 1 aromatic carbocycles. The highest BCUT2D eigenvalue weighted by atomic mass is 32.2. The van der Waals surface area contributed by atoms with E-state index in [2.05, 4.69) is 21.1 Å². The van der Waals surface area contributed by atoms with Gasteiger partial charge in [0.1, 0.15) is 5.82 Å². The van der Waals surface area contributed by atoms with Crippen LogP contribution in [0.4, 0.5) is 5.82 Å². The lowest BCUT2D eigenvalue weighted by Gasteiger charge is -2.08. The number of hydrogen-bond donors (Lipinski definition) is 2. The van der Waals surface area contributed by atoms with Gasteiger partial charge in [-0.3, -0.25) is 0 Å². The van der Waals surface area contributed by atoms with Gasteiger partial charge in [0.15, 0.2) is 0 Å². The third-order valence-corrected chi connectivity index (χ3v) is 4.35. The second-order valence-electron chi connectivity index (χ2n) is 4.43. The highest BCUT2D eigenvalue weighted by Gasteiger charge is 2.09. The van der Waals surface area contributed by atoms with E-state index >= 15 is 0 Å². The SMILES string of the molecule is CCNS(=O)(=O)CCNc1cc(C#N)c2ccccc2n1. The van der Waals surface area contributed by atoms with E-state index in [1.54, 1.807) is 13.0 Å². The van der Waals surface area contributed by atoms with Crippen molar-refractivity contribution in [1.29, 1.82) is 5.26 Å². The van der Waals surface area contributed by atoms with Crippen molar-refractivity contribution in [2.45, 2.75) is 6.92 Å². The van der Waals surface area contributed by atoms with Crippen LogP contribution in [0.1, 0.15) is 12.5 Å². The molecule has 0 radical (unpaired) electrons. The Morgan fingerprint density at radius 1 is 1.33 bits per heavy atom. The molecule has 0 saturated carbocycles. The summed E-state index contributed by atoms with van der Waals surface area (Å²) in [5.41, 5.74) is 1.21. The molecule has 0 spiro atoms. The first-order valence-electron chi connectivity index (χ1n) is 6.57. The van der Waals surface area contributed by atoms with Gasteiger partial charge in [-0.1, -0.05) is 25.1 Å². The zero-order valence-corrected chi connectivity index (χ0v) is 12.4. The fraction of sp³-hybridized carbons (Fsp3) is 0.286. The van der Waals surface area contributed by atoms with Crippen LogP contribution in [0.3, 0.4) is 0 Å². The molecule has 0 aliphatic heterocycles. The number of anilines is 1. The topological polar surface area (TPSA) is 94.9 Å². The Kier molecular flexibility index (Phi) is 4.73. The van der Waals surface area contributed by atoms with Crippen molar-refractivity contribution in [2.75, 3.05) is 24.2 Å². The van der Waals surface area contributed by atoms with Gasteiger partial charge in [-0.05, 0) is 12.1 Å². The molecular formula is C14H16N4O2S. The highest BCUT2D eigenvalue weighted by molar-refractivity contribution is 7.89. The summed E-state index contributed by atoms with van der Waals surface area (Å²) in [6, 6.07) is 11.1. The van der Waals surface area contributed by atoms with Crippen LogP contribution in [0.25, 0.3) is 10.9 Å². The van der Waals surface area contributed by atoms with Crippen LogP contribution >= 0.6 is 0 Å². The molecule has 21 heavy (non-hydrogen) atoms. The van der Waals surface area contributed by atoms with Crippen molar-refractivity contribution >= 4 is 26.7 Å². The van der Waals surface area contributed by atoms with E-state index in [0.717, 1.165) is 5.39 Å². The van der Waals surface area contributed by atoms with Crippen molar-refractivity contribution in [3.8, 4) is 6.07 Å². The maximum Gasteiger partial charge on any atom is 0.213 e. The number of pyridine rings is 1. The number of nitrogens with zero attached hydrogens (tertiary/aromatic N) is 2. The second-order valence-corrected chi connectivity index (χ2v) is 6.35. The molecule has 7 heteroatoms. The van der Waals surface area contributed by atoms with Gasteiger partial charge in [0, 0.05) is 18.5 Å². The molecule has 0 aliphatic carbocycles. The van der Waals surface area contributed by atoms with Crippen molar-refractivity contribution in [1.82, 2.24) is 9.71 Å². The number of fused-ring (bicyclic) bond motifs is 1. The monoisotopic (exact) mass is 304 g/mol. The maximum absolute atomic E-state index is 11.5. The van der Waals surface area contributed by atoms with Crippen LogP contribution in [-0.2, 0) is 10.0 Å². The summed E-state index contributed by atoms with van der Waals surface area (Å²) in [7, 11) is -3.27. The molecule has 0 saturated heterocycles. The minimum absolute atomic E-state index is 0.0444. The summed E-state index contributed by atoms with van der Waals surface area (Å²) in [6.07, 6.45) is 0. The van der Waals surface area contributed by atoms with E-state index in [-0.39, 0.29) is 12.3 Å². The van der Waals surface area contributed by atoms with Crippen LogP contribution in [0.2, 0.25) is 0 Å². The summed E-state index contributed by atoms with van der Waals surface area (Å²) in [6.45, 7) is 2.33. The Bertz CT molecular complexity index is 781. The largest absolute Gasteiger partial charge is 0.369 e. The Labute approximate surface area is 123 Å². The summed E-state index contributed by atoms with van der Waals surface area (Å²) in [5.74, 6) is 0.453. The number of hydrogen-bond acceptors (Lipinski definition) is 5. The second kappa shape index (κ2) is 6.52. The predicted octanol–water partition coefficient (Wildman–Crippen LogP) is 1.46. The molecule has 0 fully saturated rings. The predicted molar refractivity (Wildman–Crippen MR) is 82.4 cm³/mol. The van der Waals surface area contributed by atoms with Crippen LogP contribution in [0.5, 0.6) is 0 Å². The third-order valence-electron chi connectivity index (χ3n) is 2.88. The normalized spacial score (nSPS) is 11.2. The van der Waals surface area contributed by atoms with Gasteiger partial charge in [-0.15, -0.1) is 0 Å². The number of nitrogens with one attached hydrogen (secondary N) is 2. The highest BCUT2D eigenvalue weighted by Crippen LogP contribution is 2.19. The zero-order valence-electron chi connectivity index (χ0n) is 11.6. The lowest BCUT2D eigenvalue weighted by molar-refractivity contribution is 0.584. The molecule has 2 N–H and O–H groups in total. The number of rotatable bonds is 6. The fourth-order valence-corrected chi connectivity index (χ4v) is 2.92. The Balaban J connectivity index is 2.15. The summed E-state index contributed by atoms with van der Waals surface area (Å²) < 4.78 is 25.5. The van der Waals surface area contributed by atoms with Crippen LogP contribution in [0.15, 0.2) is 30.3 Å². The molecule has 0 aliphatic rings. The number of aromatic nitrogens is 1. The first-order valence-corrected chi connectivity index (χ1v) is 8.22. The lowest BCUT2D eigenvalue weighted by atomic mass is 10.1. The molecule has 2 aromatic rings. The van der Waals surface area contributed by atoms with Gasteiger partial charge < -0.3 is 5.32 Å². The Morgan fingerprint density at radius 2 is 2.10 bits per heavy atom. The molecule has 0 unspecified atom stereocenters. The van der Waals surface area contributed by atoms with Gasteiger partial charge >= 0.3 is 0 Å². The Morgan fingerprint density at radius 3 is 2.81 bits per heavy atom. The molecule has 1 aromatic heterocycles. The number of sulfonamides is 1.